The molecule has 0 radical (unpaired) electrons. The molecule has 0 unspecified atom stereocenters. The van der Waals surface area contributed by atoms with Gasteiger partial charge in [-0.3, -0.25) is 9.69 Å². The van der Waals surface area contributed by atoms with Crippen molar-refractivity contribution in [1.29, 1.82) is 0 Å². The van der Waals surface area contributed by atoms with Crippen LogP contribution >= 0.6 is 46.3 Å². The number of thioether (sulfide) groups is 1. The SMILES string of the molecule is NC(=NO)c1cccc(-c2ccc(SCC(=O)NC[C@H]3CN(Cc4ccc(Cl)c(Cl)c4)CCO3)s2)c1. The summed E-state index contributed by atoms with van der Waals surface area (Å²) in [5.74, 6) is 0.359. The summed E-state index contributed by atoms with van der Waals surface area (Å²) in [7, 11) is 0. The quantitative estimate of drug-likeness (QED) is 0.112. The monoisotopic (exact) mass is 564 g/mol. The Labute approximate surface area is 228 Å². The van der Waals surface area contributed by atoms with Crippen LogP contribution in [0.2, 0.25) is 10.0 Å². The van der Waals surface area contributed by atoms with Crippen molar-refractivity contribution >= 4 is 58.0 Å². The Bertz CT molecular complexity index is 1240. The van der Waals surface area contributed by atoms with Gasteiger partial charge in [-0.2, -0.15) is 0 Å². The molecule has 1 amide bonds. The van der Waals surface area contributed by atoms with Crippen molar-refractivity contribution in [2.24, 2.45) is 10.9 Å². The molecule has 1 aliphatic heterocycles. The van der Waals surface area contributed by atoms with E-state index in [1.165, 1.54) is 11.8 Å². The van der Waals surface area contributed by atoms with Crippen molar-refractivity contribution in [1.82, 2.24) is 10.2 Å². The Morgan fingerprint density at radius 2 is 2.08 bits per heavy atom. The lowest BCUT2D eigenvalue weighted by Gasteiger charge is -2.33. The molecule has 0 spiro atoms. The standard InChI is InChI=1S/C25H26Cl2N4O3S2/c26-20-5-4-16(10-21(20)27)13-31-8-9-34-19(14-31)12-29-23(32)15-35-24-7-6-22(36-24)17-2-1-3-18(11-17)25(28)30-33/h1-7,10-11,19,33H,8-9,12-15H2,(H2,28,30)(H,29,32)/t19-/m0/s1. The van der Waals surface area contributed by atoms with Gasteiger partial charge in [0.25, 0.3) is 0 Å². The molecule has 0 saturated carbocycles. The number of morpholine rings is 1. The summed E-state index contributed by atoms with van der Waals surface area (Å²) in [5.41, 5.74) is 8.41. The van der Waals surface area contributed by atoms with Crippen molar-refractivity contribution in [3.05, 3.63) is 75.8 Å². The zero-order valence-corrected chi connectivity index (χ0v) is 22.5. The van der Waals surface area contributed by atoms with Gasteiger partial charge < -0.3 is 21.0 Å². The van der Waals surface area contributed by atoms with Crippen LogP contribution in [0.1, 0.15) is 11.1 Å². The fraction of sp³-hybridized carbons (Fsp3) is 0.280. The molecule has 3 aromatic rings. The average Bonchev–Trinajstić information content (AvgIpc) is 3.37. The van der Waals surface area contributed by atoms with Crippen LogP contribution in [-0.2, 0) is 16.1 Å². The van der Waals surface area contributed by atoms with Crippen LogP contribution in [0.3, 0.4) is 0 Å². The first-order chi connectivity index (χ1) is 17.4. The highest BCUT2D eigenvalue weighted by molar-refractivity contribution is 8.01. The first kappa shape index (κ1) is 26.8. The highest BCUT2D eigenvalue weighted by atomic mass is 35.5. The fourth-order valence-corrected chi connectivity index (χ4v) is 6.08. The summed E-state index contributed by atoms with van der Waals surface area (Å²) in [6.45, 7) is 3.39. The van der Waals surface area contributed by atoms with Gasteiger partial charge in [-0.25, -0.2) is 0 Å². The van der Waals surface area contributed by atoms with E-state index < -0.39 is 0 Å². The summed E-state index contributed by atoms with van der Waals surface area (Å²) in [5, 5.41) is 16.0. The highest BCUT2D eigenvalue weighted by Crippen LogP contribution is 2.34. The van der Waals surface area contributed by atoms with Gasteiger partial charge in [0.15, 0.2) is 5.84 Å². The molecule has 4 N–H and O–H groups in total. The number of benzene rings is 2. The average molecular weight is 566 g/mol. The molecular weight excluding hydrogens is 539 g/mol. The molecule has 11 heteroatoms. The van der Waals surface area contributed by atoms with E-state index in [0.717, 1.165) is 39.8 Å². The van der Waals surface area contributed by atoms with Crippen LogP contribution in [0.5, 0.6) is 0 Å². The van der Waals surface area contributed by atoms with Crippen LogP contribution in [0, 0.1) is 0 Å². The molecule has 36 heavy (non-hydrogen) atoms. The van der Waals surface area contributed by atoms with E-state index in [1.807, 2.05) is 48.5 Å². The lowest BCUT2D eigenvalue weighted by atomic mass is 10.1. The Morgan fingerprint density at radius 1 is 1.22 bits per heavy atom. The molecule has 1 fully saturated rings. The van der Waals surface area contributed by atoms with Gasteiger partial charge in [-0.05, 0) is 41.5 Å². The fourth-order valence-electron chi connectivity index (χ4n) is 3.80. The normalized spacial score (nSPS) is 16.7. The molecule has 7 nitrogen and oxygen atoms in total. The molecule has 1 atom stereocenters. The largest absolute Gasteiger partial charge is 0.409 e. The highest BCUT2D eigenvalue weighted by Gasteiger charge is 2.21. The number of carbonyl (C=O) groups excluding carboxylic acids is 1. The van der Waals surface area contributed by atoms with E-state index in [2.05, 4.69) is 15.4 Å². The van der Waals surface area contributed by atoms with Crippen molar-refractivity contribution in [3.63, 3.8) is 0 Å². The Morgan fingerprint density at radius 3 is 2.89 bits per heavy atom. The number of ether oxygens (including phenoxy) is 1. The topological polar surface area (TPSA) is 100 Å². The van der Waals surface area contributed by atoms with E-state index in [1.54, 1.807) is 17.4 Å². The van der Waals surface area contributed by atoms with Crippen LogP contribution in [0.15, 0.2) is 64.0 Å². The molecule has 1 saturated heterocycles. The number of nitrogens with zero attached hydrogens (tertiary/aromatic N) is 2. The third kappa shape index (κ3) is 7.38. The summed E-state index contributed by atoms with van der Waals surface area (Å²) < 4.78 is 6.89. The molecule has 2 aromatic carbocycles. The summed E-state index contributed by atoms with van der Waals surface area (Å²) in [4.78, 5) is 15.8. The number of hydrogen-bond donors (Lipinski definition) is 3. The van der Waals surface area contributed by atoms with Crippen LogP contribution in [-0.4, -0.2) is 59.9 Å². The Hall–Kier alpha value is -2.27. The number of carbonyl (C=O) groups is 1. The van der Waals surface area contributed by atoms with E-state index in [-0.39, 0.29) is 17.8 Å². The molecular formula is C25H26Cl2N4O3S2. The second-order valence-electron chi connectivity index (χ2n) is 8.25. The molecule has 0 aliphatic carbocycles. The molecule has 190 valence electrons. The minimum Gasteiger partial charge on any atom is -0.409 e. The van der Waals surface area contributed by atoms with Crippen molar-refractivity contribution in [2.75, 3.05) is 32.0 Å². The van der Waals surface area contributed by atoms with Gasteiger partial charge >= 0.3 is 0 Å². The van der Waals surface area contributed by atoms with E-state index in [4.69, 9.17) is 38.9 Å². The maximum absolute atomic E-state index is 12.5. The number of oxime groups is 1. The van der Waals surface area contributed by atoms with E-state index in [0.29, 0.717) is 34.5 Å². The zero-order valence-electron chi connectivity index (χ0n) is 19.3. The van der Waals surface area contributed by atoms with Gasteiger partial charge in [0.2, 0.25) is 5.91 Å². The van der Waals surface area contributed by atoms with Crippen LogP contribution in [0.4, 0.5) is 0 Å². The number of halogens is 2. The minimum absolute atomic E-state index is 0.0333. The Balaban J connectivity index is 1.22. The Kier molecular flexibility index (Phi) is 9.53. The third-order valence-electron chi connectivity index (χ3n) is 5.62. The maximum Gasteiger partial charge on any atom is 0.230 e. The zero-order chi connectivity index (χ0) is 25.5. The predicted octanol–water partition coefficient (Wildman–Crippen LogP) is 4.93. The second-order valence-corrected chi connectivity index (χ2v) is 11.4. The minimum atomic E-state index is -0.0639. The van der Waals surface area contributed by atoms with Crippen LogP contribution in [0.25, 0.3) is 10.4 Å². The molecule has 0 bridgehead atoms. The van der Waals surface area contributed by atoms with Gasteiger partial charge in [-0.1, -0.05) is 52.6 Å². The lowest BCUT2D eigenvalue weighted by molar-refractivity contribution is -0.119. The van der Waals surface area contributed by atoms with Gasteiger partial charge in [0.1, 0.15) is 0 Å². The lowest BCUT2D eigenvalue weighted by Crippen LogP contribution is -2.47. The summed E-state index contributed by atoms with van der Waals surface area (Å²) >= 11 is 15.2. The molecule has 1 aromatic heterocycles. The number of thiophene rings is 1. The number of amides is 1. The van der Waals surface area contributed by atoms with Crippen molar-refractivity contribution in [3.8, 4) is 10.4 Å². The third-order valence-corrected chi connectivity index (χ3v) is 8.72. The maximum atomic E-state index is 12.5. The smallest absolute Gasteiger partial charge is 0.230 e. The van der Waals surface area contributed by atoms with E-state index >= 15 is 0 Å². The number of nitrogens with two attached hydrogens (primary N) is 1. The molecule has 2 heterocycles. The second kappa shape index (κ2) is 12.8. The number of hydrogen-bond acceptors (Lipinski definition) is 7. The van der Waals surface area contributed by atoms with E-state index in [9.17, 15) is 4.79 Å². The first-order valence-corrected chi connectivity index (χ1v) is 13.8. The van der Waals surface area contributed by atoms with Crippen molar-refractivity contribution in [2.45, 2.75) is 16.9 Å². The molecule has 4 rings (SSSR count). The molecule has 1 aliphatic rings. The first-order valence-electron chi connectivity index (χ1n) is 11.3. The van der Waals surface area contributed by atoms with Gasteiger partial charge in [0.05, 0.1) is 32.7 Å². The predicted molar refractivity (Wildman–Crippen MR) is 147 cm³/mol. The van der Waals surface area contributed by atoms with Gasteiger partial charge in [-0.15, -0.1) is 23.1 Å². The summed E-state index contributed by atoms with van der Waals surface area (Å²) in [6.07, 6.45) is -0.0639. The van der Waals surface area contributed by atoms with Crippen molar-refractivity contribution < 1.29 is 14.7 Å². The van der Waals surface area contributed by atoms with Gasteiger partial charge in [0, 0.05) is 36.6 Å². The number of nitrogens with one attached hydrogen (secondary N) is 1. The summed E-state index contributed by atoms with van der Waals surface area (Å²) in [6, 6.07) is 17.2. The number of rotatable bonds is 9. The van der Waals surface area contributed by atoms with Crippen LogP contribution < -0.4 is 11.1 Å². The number of amidine groups is 1.